The molecule has 1 aliphatic heterocycles. The molecule has 0 aromatic carbocycles. The molecule has 0 aliphatic carbocycles. The molecule has 102 valence electrons. The Morgan fingerprint density at radius 3 is 2.84 bits per heavy atom. The summed E-state index contributed by atoms with van der Waals surface area (Å²) >= 11 is 1.71. The minimum absolute atomic E-state index is 0.0120. The molecule has 1 fully saturated rings. The van der Waals surface area contributed by atoms with Gasteiger partial charge in [-0.1, -0.05) is 12.5 Å². The van der Waals surface area contributed by atoms with Gasteiger partial charge < -0.3 is 10.4 Å². The average molecular weight is 280 g/mol. The smallest absolute Gasteiger partial charge is 0.354 e. The van der Waals surface area contributed by atoms with Gasteiger partial charge in [-0.15, -0.1) is 11.8 Å². The van der Waals surface area contributed by atoms with Gasteiger partial charge in [-0.2, -0.15) is 0 Å². The number of thioether (sulfide) groups is 1. The molecule has 0 radical (unpaired) electrons. The van der Waals surface area contributed by atoms with Crippen molar-refractivity contribution in [2.45, 2.75) is 31.1 Å². The second-order valence-corrected chi connectivity index (χ2v) is 5.74. The lowest BCUT2D eigenvalue weighted by molar-refractivity contribution is -0.120. The number of pyridine rings is 1. The zero-order valence-corrected chi connectivity index (χ0v) is 11.3. The van der Waals surface area contributed by atoms with Gasteiger partial charge in [0.15, 0.2) is 0 Å². The van der Waals surface area contributed by atoms with Gasteiger partial charge in [-0.05, 0) is 30.2 Å². The standard InChI is InChI=1S/C13H16N2O3S/c16-12(11-3-1-2-6-19-11)15-8-9-4-5-10(13(17)18)14-7-9/h4-5,7,11H,1-3,6,8H2,(H,15,16)(H,17,18). The van der Waals surface area contributed by atoms with Crippen LogP contribution >= 0.6 is 11.8 Å². The summed E-state index contributed by atoms with van der Waals surface area (Å²) in [7, 11) is 0. The van der Waals surface area contributed by atoms with E-state index in [1.807, 2.05) is 0 Å². The molecular formula is C13H16N2O3S. The summed E-state index contributed by atoms with van der Waals surface area (Å²) in [6.07, 6.45) is 4.72. The van der Waals surface area contributed by atoms with Crippen molar-refractivity contribution >= 4 is 23.6 Å². The summed E-state index contributed by atoms with van der Waals surface area (Å²) in [6, 6.07) is 3.12. The lowest BCUT2D eigenvalue weighted by Crippen LogP contribution is -2.33. The maximum Gasteiger partial charge on any atom is 0.354 e. The highest BCUT2D eigenvalue weighted by Gasteiger charge is 2.21. The van der Waals surface area contributed by atoms with Crippen LogP contribution in [-0.2, 0) is 11.3 Å². The highest BCUT2D eigenvalue weighted by molar-refractivity contribution is 8.00. The molecule has 1 amide bonds. The molecule has 0 bridgehead atoms. The average Bonchev–Trinajstić information content (AvgIpc) is 2.46. The van der Waals surface area contributed by atoms with Crippen LogP contribution < -0.4 is 5.32 Å². The van der Waals surface area contributed by atoms with Crippen LogP contribution in [0.25, 0.3) is 0 Å². The summed E-state index contributed by atoms with van der Waals surface area (Å²) in [6.45, 7) is 0.392. The second kappa shape index (κ2) is 6.56. The minimum Gasteiger partial charge on any atom is -0.477 e. The summed E-state index contributed by atoms with van der Waals surface area (Å²) in [5, 5.41) is 11.7. The summed E-state index contributed by atoms with van der Waals surface area (Å²) in [4.78, 5) is 26.4. The number of nitrogens with zero attached hydrogens (tertiary/aromatic N) is 1. The van der Waals surface area contributed by atoms with Crippen LogP contribution in [0.5, 0.6) is 0 Å². The topological polar surface area (TPSA) is 79.3 Å². The van der Waals surface area contributed by atoms with Gasteiger partial charge in [0.1, 0.15) is 5.69 Å². The number of aromatic carboxylic acids is 1. The number of aromatic nitrogens is 1. The lowest BCUT2D eigenvalue weighted by atomic mass is 10.2. The van der Waals surface area contributed by atoms with E-state index in [4.69, 9.17) is 5.11 Å². The zero-order chi connectivity index (χ0) is 13.7. The first kappa shape index (κ1) is 13.9. The number of hydrogen-bond donors (Lipinski definition) is 2. The predicted molar refractivity (Wildman–Crippen MR) is 73.1 cm³/mol. The van der Waals surface area contributed by atoms with Crippen molar-refractivity contribution in [3.8, 4) is 0 Å². The molecule has 1 saturated heterocycles. The van der Waals surface area contributed by atoms with Gasteiger partial charge in [-0.3, -0.25) is 4.79 Å². The van der Waals surface area contributed by atoms with E-state index in [1.54, 1.807) is 17.8 Å². The van der Waals surface area contributed by atoms with Crippen LogP contribution in [0, 0.1) is 0 Å². The number of carboxylic acid groups (broad SMARTS) is 1. The SMILES string of the molecule is O=C(O)c1ccc(CNC(=O)C2CCCCS2)cn1. The first-order chi connectivity index (χ1) is 9.16. The zero-order valence-electron chi connectivity index (χ0n) is 10.5. The van der Waals surface area contributed by atoms with Gasteiger partial charge in [-0.25, -0.2) is 9.78 Å². The summed E-state index contributed by atoms with van der Waals surface area (Å²) in [5.41, 5.74) is 0.817. The number of carbonyl (C=O) groups is 2. The number of carboxylic acids is 1. The normalized spacial score (nSPS) is 18.8. The Morgan fingerprint density at radius 1 is 1.42 bits per heavy atom. The van der Waals surface area contributed by atoms with Gasteiger partial charge in [0, 0.05) is 12.7 Å². The van der Waals surface area contributed by atoms with E-state index >= 15 is 0 Å². The number of amides is 1. The van der Waals surface area contributed by atoms with E-state index in [9.17, 15) is 9.59 Å². The monoisotopic (exact) mass is 280 g/mol. The second-order valence-electron chi connectivity index (χ2n) is 4.43. The quantitative estimate of drug-likeness (QED) is 0.877. The van der Waals surface area contributed by atoms with Gasteiger partial charge in [0.2, 0.25) is 5.91 Å². The Hall–Kier alpha value is -1.56. The molecule has 5 nitrogen and oxygen atoms in total. The van der Waals surface area contributed by atoms with E-state index in [2.05, 4.69) is 10.3 Å². The molecule has 1 aromatic heterocycles. The fourth-order valence-corrected chi connectivity index (χ4v) is 3.13. The molecule has 0 spiro atoms. The van der Waals surface area contributed by atoms with E-state index in [0.717, 1.165) is 24.2 Å². The third kappa shape index (κ3) is 3.96. The lowest BCUT2D eigenvalue weighted by Gasteiger charge is -2.20. The number of rotatable bonds is 4. The Balaban J connectivity index is 1.84. The van der Waals surface area contributed by atoms with Crippen LogP contribution in [0.15, 0.2) is 18.3 Å². The van der Waals surface area contributed by atoms with Crippen molar-refractivity contribution in [3.63, 3.8) is 0 Å². The largest absolute Gasteiger partial charge is 0.477 e. The first-order valence-corrected chi connectivity index (χ1v) is 7.29. The van der Waals surface area contributed by atoms with Crippen molar-refractivity contribution in [2.24, 2.45) is 0 Å². The number of nitrogens with one attached hydrogen (secondary N) is 1. The van der Waals surface area contributed by atoms with E-state index in [1.165, 1.54) is 18.7 Å². The van der Waals surface area contributed by atoms with Crippen LogP contribution in [0.3, 0.4) is 0 Å². The van der Waals surface area contributed by atoms with Crippen molar-refractivity contribution in [1.29, 1.82) is 0 Å². The Labute approximate surface area is 115 Å². The van der Waals surface area contributed by atoms with E-state index in [0.29, 0.717) is 6.54 Å². The molecule has 1 aliphatic rings. The first-order valence-electron chi connectivity index (χ1n) is 6.24. The maximum atomic E-state index is 11.9. The van der Waals surface area contributed by atoms with E-state index in [-0.39, 0.29) is 16.9 Å². The molecule has 2 N–H and O–H groups in total. The molecule has 1 aromatic rings. The van der Waals surface area contributed by atoms with Gasteiger partial charge in [0.25, 0.3) is 0 Å². The minimum atomic E-state index is -1.05. The van der Waals surface area contributed by atoms with Crippen molar-refractivity contribution in [2.75, 3.05) is 5.75 Å². The predicted octanol–water partition coefficient (Wildman–Crippen LogP) is 1.68. The molecule has 2 rings (SSSR count). The molecule has 1 unspecified atom stereocenters. The van der Waals surface area contributed by atoms with Crippen molar-refractivity contribution in [1.82, 2.24) is 10.3 Å². The van der Waals surface area contributed by atoms with Crippen LogP contribution in [0.4, 0.5) is 0 Å². The Kier molecular flexibility index (Phi) is 4.79. The van der Waals surface area contributed by atoms with Crippen LogP contribution in [0.2, 0.25) is 0 Å². The molecule has 1 atom stereocenters. The maximum absolute atomic E-state index is 11.9. The fraction of sp³-hybridized carbons (Fsp3) is 0.462. The Morgan fingerprint density at radius 2 is 2.26 bits per heavy atom. The highest BCUT2D eigenvalue weighted by atomic mass is 32.2. The summed E-state index contributed by atoms with van der Waals surface area (Å²) in [5.74, 6) is 0.0636. The highest BCUT2D eigenvalue weighted by Crippen LogP contribution is 2.24. The van der Waals surface area contributed by atoms with Gasteiger partial charge in [0.05, 0.1) is 5.25 Å². The van der Waals surface area contributed by atoms with Gasteiger partial charge >= 0.3 is 5.97 Å². The van der Waals surface area contributed by atoms with Crippen LogP contribution in [0.1, 0.15) is 35.3 Å². The molecule has 19 heavy (non-hydrogen) atoms. The molecular weight excluding hydrogens is 264 g/mol. The van der Waals surface area contributed by atoms with Crippen molar-refractivity contribution in [3.05, 3.63) is 29.6 Å². The number of carbonyl (C=O) groups excluding carboxylic acids is 1. The fourth-order valence-electron chi connectivity index (χ4n) is 1.91. The Bertz CT molecular complexity index is 455. The summed E-state index contributed by atoms with van der Waals surface area (Å²) < 4.78 is 0. The third-order valence-corrected chi connectivity index (χ3v) is 4.36. The molecule has 0 saturated carbocycles. The number of hydrogen-bond acceptors (Lipinski definition) is 4. The molecule has 6 heteroatoms. The van der Waals surface area contributed by atoms with E-state index < -0.39 is 5.97 Å². The third-order valence-electron chi connectivity index (χ3n) is 2.98. The molecule has 2 heterocycles. The van der Waals surface area contributed by atoms with Crippen LogP contribution in [-0.4, -0.2) is 33.0 Å². The van der Waals surface area contributed by atoms with Crippen molar-refractivity contribution < 1.29 is 14.7 Å².